The van der Waals surface area contributed by atoms with E-state index in [0.29, 0.717) is 5.06 Å². The Morgan fingerprint density at radius 3 is 2.36 bits per heavy atom. The van der Waals surface area contributed by atoms with Gasteiger partial charge in [0.25, 0.3) is 11.8 Å². The number of aromatic nitrogens is 1. The van der Waals surface area contributed by atoms with E-state index in [-0.39, 0.29) is 69.9 Å². The number of primary amides is 1. The largest absolute Gasteiger partial charge is 1.00 e. The van der Waals surface area contributed by atoms with Crippen LogP contribution in [0.25, 0.3) is 0 Å². The van der Waals surface area contributed by atoms with E-state index in [0.717, 1.165) is 11.3 Å². The molecule has 2 atom stereocenters. The van der Waals surface area contributed by atoms with E-state index in [9.17, 15) is 34.2 Å². The number of aliphatic carboxylic acids is 2. The molecule has 0 unspecified atom stereocenters. The normalized spacial score (nSPS) is 17.0. The number of carboxylic acid groups (broad SMARTS) is 2. The predicted octanol–water partition coefficient (Wildman–Crippen LogP) is -11.3. The van der Waals surface area contributed by atoms with Gasteiger partial charge in [0, 0.05) is 5.38 Å². The first-order valence-electron chi connectivity index (χ1n) is 8.10. The summed E-state index contributed by atoms with van der Waals surface area (Å²) in [5.41, 5.74) is 9.77. The number of thiazole rings is 1. The van der Waals surface area contributed by atoms with Gasteiger partial charge >= 0.3 is 65.2 Å². The fourth-order valence-corrected chi connectivity index (χ4v) is 2.80. The van der Waals surface area contributed by atoms with Crippen molar-refractivity contribution in [2.24, 2.45) is 10.9 Å². The molecule has 1 aliphatic rings. The zero-order valence-electron chi connectivity index (χ0n) is 17.3. The Labute approximate surface area is 233 Å². The number of hydroxylamine groups is 2. The Balaban J connectivity index is 0.00000512. The first kappa shape index (κ1) is 31.0. The van der Waals surface area contributed by atoms with Crippen LogP contribution in [-0.4, -0.2) is 77.5 Å². The molecule has 0 aromatic carbocycles. The molecule has 1 aliphatic heterocycles. The van der Waals surface area contributed by atoms with Crippen LogP contribution in [0.1, 0.15) is 5.69 Å². The van der Waals surface area contributed by atoms with Gasteiger partial charge in [-0.2, -0.15) is 0 Å². The van der Waals surface area contributed by atoms with Crippen molar-refractivity contribution in [2.75, 3.05) is 25.6 Å². The van der Waals surface area contributed by atoms with E-state index in [4.69, 9.17) is 16.3 Å². The summed E-state index contributed by atoms with van der Waals surface area (Å²) in [4.78, 5) is 69.8. The van der Waals surface area contributed by atoms with Crippen LogP contribution in [0.4, 0.5) is 9.93 Å². The minimum atomic E-state index is -1.63. The molecule has 0 saturated carbocycles. The number of oxime groups is 1. The van der Waals surface area contributed by atoms with Crippen molar-refractivity contribution < 1.29 is 108 Å². The minimum Gasteiger partial charge on any atom is -0.548 e. The molecule has 0 aliphatic carbocycles. The van der Waals surface area contributed by atoms with Crippen LogP contribution >= 0.6 is 11.3 Å². The van der Waals surface area contributed by atoms with Gasteiger partial charge in [0.1, 0.15) is 31.0 Å². The summed E-state index contributed by atoms with van der Waals surface area (Å²) in [6, 6.07) is -2.50. The van der Waals surface area contributed by atoms with Crippen LogP contribution in [0, 0.1) is 0 Å². The number of β-lactam (4-membered cyclic amide) rings is 1. The molecular formula is C14H14N6Na2O10S. The third-order valence-corrected chi connectivity index (χ3v) is 4.17. The third-order valence-electron chi connectivity index (χ3n) is 3.49. The van der Waals surface area contributed by atoms with Crippen molar-refractivity contribution in [3.05, 3.63) is 11.1 Å². The number of ether oxygens (including phenoxy) is 1. The smallest absolute Gasteiger partial charge is 0.548 e. The van der Waals surface area contributed by atoms with Gasteiger partial charge in [-0.15, -0.1) is 11.3 Å². The number of carboxylic acids is 2. The first-order chi connectivity index (χ1) is 14.6. The summed E-state index contributed by atoms with van der Waals surface area (Å²) in [5, 5.41) is 28.6. The molecule has 2 rings (SSSR count). The molecule has 19 heteroatoms. The Morgan fingerprint density at radius 1 is 1.21 bits per heavy atom. The number of nitrogens with two attached hydrogens (primary N) is 2. The molecule has 1 aromatic rings. The molecule has 1 saturated heterocycles. The van der Waals surface area contributed by atoms with Crippen molar-refractivity contribution in [1.82, 2.24) is 15.4 Å². The van der Waals surface area contributed by atoms with Crippen molar-refractivity contribution >= 4 is 52.0 Å². The summed E-state index contributed by atoms with van der Waals surface area (Å²) in [6.45, 7) is -2.50. The molecule has 16 nitrogen and oxygen atoms in total. The number of hydrogen-bond donors (Lipinski definition) is 3. The van der Waals surface area contributed by atoms with Gasteiger partial charge < -0.3 is 46.2 Å². The molecular weight excluding hydrogens is 490 g/mol. The second-order valence-electron chi connectivity index (χ2n) is 5.61. The van der Waals surface area contributed by atoms with Crippen molar-refractivity contribution in [3.8, 4) is 0 Å². The number of carbonyl (C=O) groups is 5. The number of nitrogen functional groups attached to an aromatic ring is 1. The SMILES string of the molecule is NC(=O)OC[C@@H]1[C@@H](NC(=O)/C(=N\OCC(=O)[O-])c2csc(N)n2)C(=O)N1OCC(=O)[O-].[Na+].[Na+]. The fraction of sp³-hybridized carbons (Fsp3) is 0.357. The molecule has 168 valence electrons. The number of hydrogen-bond acceptors (Lipinski definition) is 14. The van der Waals surface area contributed by atoms with E-state index in [2.05, 4.69) is 25.0 Å². The van der Waals surface area contributed by atoms with E-state index in [1.54, 1.807) is 0 Å². The summed E-state index contributed by atoms with van der Waals surface area (Å²) in [5.74, 6) is -5.17. The van der Waals surface area contributed by atoms with Gasteiger partial charge in [0.15, 0.2) is 17.5 Å². The number of amides is 3. The van der Waals surface area contributed by atoms with Crippen molar-refractivity contribution in [2.45, 2.75) is 12.1 Å². The van der Waals surface area contributed by atoms with Crippen LogP contribution in [0.3, 0.4) is 0 Å². The molecule has 33 heavy (non-hydrogen) atoms. The Morgan fingerprint density at radius 2 is 1.85 bits per heavy atom. The average Bonchev–Trinajstić information content (AvgIpc) is 3.10. The van der Waals surface area contributed by atoms with Crippen LogP contribution < -0.4 is 86.1 Å². The predicted molar refractivity (Wildman–Crippen MR) is 93.1 cm³/mol. The van der Waals surface area contributed by atoms with E-state index in [1.807, 2.05) is 0 Å². The zero-order valence-corrected chi connectivity index (χ0v) is 22.2. The number of nitrogens with zero attached hydrogens (tertiary/aromatic N) is 3. The Kier molecular flexibility index (Phi) is 13.4. The maximum atomic E-state index is 12.6. The molecule has 2 heterocycles. The Hall–Kier alpha value is -1.99. The van der Waals surface area contributed by atoms with Crippen molar-refractivity contribution in [3.63, 3.8) is 0 Å². The maximum Gasteiger partial charge on any atom is 1.00 e. The first-order valence-corrected chi connectivity index (χ1v) is 8.98. The van der Waals surface area contributed by atoms with Crippen LogP contribution in [0.15, 0.2) is 10.5 Å². The number of carbonyl (C=O) groups excluding carboxylic acids is 5. The fourth-order valence-electron chi connectivity index (χ4n) is 2.25. The molecule has 0 radical (unpaired) electrons. The summed E-state index contributed by atoms with van der Waals surface area (Å²) in [7, 11) is 0. The summed E-state index contributed by atoms with van der Waals surface area (Å²) >= 11 is 0.944. The standard InChI is InChI=1S/C14H16N6O10S.2Na/c15-13-17-5(4-31-13)9(19-29-2-7(21)22)11(25)18-10-6(1-28-14(16)27)20(12(10)26)30-3-8(23)24;;/h4,6,10H,1-3H2,(H2,15,17)(H2,16,27)(H,18,25)(H,21,22)(H,23,24);;/q;2*+1/p-2/b19-9-;;/t6-,10-;;/m1../s1. The monoisotopic (exact) mass is 504 g/mol. The van der Waals surface area contributed by atoms with E-state index < -0.39 is 67.5 Å². The van der Waals surface area contributed by atoms with Gasteiger partial charge in [-0.05, 0) is 0 Å². The summed E-state index contributed by atoms with van der Waals surface area (Å²) < 4.78 is 4.58. The van der Waals surface area contributed by atoms with Gasteiger partial charge in [-0.25, -0.2) is 14.8 Å². The van der Waals surface area contributed by atoms with Crippen molar-refractivity contribution in [1.29, 1.82) is 0 Å². The molecule has 1 fully saturated rings. The third kappa shape index (κ3) is 9.05. The molecule has 5 N–H and O–H groups in total. The topological polar surface area (TPSA) is 252 Å². The molecule has 1 aromatic heterocycles. The Bertz CT molecular complexity index is 928. The second kappa shape index (κ2) is 14.3. The van der Waals surface area contributed by atoms with Crippen LogP contribution in [0.5, 0.6) is 0 Å². The number of nitrogens with one attached hydrogen (secondary N) is 1. The van der Waals surface area contributed by atoms with Crippen LogP contribution in [-0.2, 0) is 33.6 Å². The van der Waals surface area contributed by atoms with E-state index in [1.165, 1.54) is 5.38 Å². The van der Waals surface area contributed by atoms with Gasteiger partial charge in [-0.1, -0.05) is 5.16 Å². The summed E-state index contributed by atoms with van der Waals surface area (Å²) in [6.07, 6.45) is -1.19. The van der Waals surface area contributed by atoms with Crippen LogP contribution in [0.2, 0.25) is 0 Å². The molecule has 3 amide bonds. The number of rotatable bonds is 11. The van der Waals surface area contributed by atoms with Gasteiger partial charge in [0.05, 0.1) is 11.9 Å². The number of anilines is 1. The van der Waals surface area contributed by atoms with Gasteiger partial charge in [0.2, 0.25) is 0 Å². The minimum absolute atomic E-state index is 0. The van der Waals surface area contributed by atoms with E-state index >= 15 is 0 Å². The molecule has 0 bridgehead atoms. The molecule has 0 spiro atoms. The maximum absolute atomic E-state index is 12.6. The second-order valence-corrected chi connectivity index (χ2v) is 6.50. The zero-order chi connectivity index (χ0) is 23.1. The van der Waals surface area contributed by atoms with Gasteiger partial charge in [-0.3, -0.25) is 14.4 Å². The quantitative estimate of drug-likeness (QED) is 0.110. The average molecular weight is 504 g/mol.